The fourth-order valence-electron chi connectivity index (χ4n) is 0.902. The highest BCUT2D eigenvalue weighted by Gasteiger charge is 2.11. The van der Waals surface area contributed by atoms with E-state index in [1.54, 1.807) is 0 Å². The summed E-state index contributed by atoms with van der Waals surface area (Å²) >= 11 is 0. The summed E-state index contributed by atoms with van der Waals surface area (Å²) < 4.78 is 27.6. The maximum atomic E-state index is 11.4. The van der Waals surface area contributed by atoms with Gasteiger partial charge in [-0.15, -0.1) is 0 Å². The molecule has 92 valence electrons. The van der Waals surface area contributed by atoms with Gasteiger partial charge in [-0.2, -0.15) is 8.42 Å². The molecule has 0 saturated heterocycles. The summed E-state index contributed by atoms with van der Waals surface area (Å²) in [6.07, 6.45) is 0.604. The van der Waals surface area contributed by atoms with Crippen molar-refractivity contribution in [3.8, 4) is 0 Å². The summed E-state index contributed by atoms with van der Waals surface area (Å²) in [4.78, 5) is 0. The van der Waals surface area contributed by atoms with Crippen LogP contribution in [0.1, 0.15) is 27.2 Å². The van der Waals surface area contributed by atoms with Gasteiger partial charge in [-0.1, -0.05) is 20.8 Å². The van der Waals surface area contributed by atoms with Gasteiger partial charge in [-0.3, -0.25) is 0 Å². The molecule has 0 spiro atoms. The third kappa shape index (κ3) is 8.80. The van der Waals surface area contributed by atoms with Crippen molar-refractivity contribution < 1.29 is 13.5 Å². The number of hydrogen-bond acceptors (Lipinski definition) is 3. The van der Waals surface area contributed by atoms with Crippen LogP contribution in [0.2, 0.25) is 0 Å². The summed E-state index contributed by atoms with van der Waals surface area (Å²) in [6, 6.07) is 0. The zero-order valence-corrected chi connectivity index (χ0v) is 10.5. The molecule has 0 bridgehead atoms. The van der Waals surface area contributed by atoms with E-state index in [1.807, 2.05) is 20.8 Å². The molecule has 0 fully saturated rings. The average molecular weight is 238 g/mol. The normalized spacial score (nSPS) is 14.5. The smallest absolute Gasteiger partial charge is 0.276 e. The second kappa shape index (κ2) is 7.16. The molecule has 5 nitrogen and oxygen atoms in total. The Bertz CT molecular complexity index is 252. The van der Waals surface area contributed by atoms with Gasteiger partial charge in [0.1, 0.15) is 0 Å². The molecule has 15 heavy (non-hydrogen) atoms. The molecule has 1 atom stereocenters. The number of hydrogen-bond donors (Lipinski definition) is 3. The highest BCUT2D eigenvalue weighted by molar-refractivity contribution is 7.87. The van der Waals surface area contributed by atoms with Crippen molar-refractivity contribution in [1.29, 1.82) is 0 Å². The van der Waals surface area contributed by atoms with Gasteiger partial charge in [0.05, 0.1) is 0 Å². The van der Waals surface area contributed by atoms with Crippen LogP contribution in [0.5, 0.6) is 0 Å². The van der Waals surface area contributed by atoms with E-state index in [9.17, 15) is 8.42 Å². The molecule has 1 unspecified atom stereocenters. The highest BCUT2D eigenvalue weighted by atomic mass is 32.2. The third-order valence-corrected chi connectivity index (χ3v) is 3.02. The van der Waals surface area contributed by atoms with E-state index < -0.39 is 10.2 Å². The number of aliphatic hydroxyl groups is 1. The molecule has 0 rings (SSSR count). The van der Waals surface area contributed by atoms with Gasteiger partial charge in [0.15, 0.2) is 0 Å². The van der Waals surface area contributed by atoms with Gasteiger partial charge >= 0.3 is 0 Å². The molecule has 6 heteroatoms. The zero-order valence-electron chi connectivity index (χ0n) is 9.66. The van der Waals surface area contributed by atoms with Gasteiger partial charge < -0.3 is 5.11 Å². The summed E-state index contributed by atoms with van der Waals surface area (Å²) in [5, 5.41) is 8.65. The van der Waals surface area contributed by atoms with E-state index in [1.165, 1.54) is 0 Å². The Kier molecular flexibility index (Phi) is 7.08. The SMILES string of the molecule is CC(C)CNS(=O)(=O)NCC(C)CCO. The number of aliphatic hydroxyl groups excluding tert-OH is 1. The zero-order chi connectivity index (χ0) is 11.9. The van der Waals surface area contributed by atoms with Crippen LogP contribution in [-0.4, -0.2) is 33.2 Å². The van der Waals surface area contributed by atoms with Gasteiger partial charge in [0, 0.05) is 19.7 Å². The lowest BCUT2D eigenvalue weighted by atomic mass is 10.1. The van der Waals surface area contributed by atoms with E-state index >= 15 is 0 Å². The van der Waals surface area contributed by atoms with Gasteiger partial charge in [0.2, 0.25) is 0 Å². The van der Waals surface area contributed by atoms with E-state index in [4.69, 9.17) is 5.11 Å². The predicted octanol–water partition coefficient (Wildman–Crippen LogP) is 0.0849. The van der Waals surface area contributed by atoms with E-state index in [0.717, 1.165) is 0 Å². The van der Waals surface area contributed by atoms with Crippen LogP contribution in [0.4, 0.5) is 0 Å². The first kappa shape index (κ1) is 14.8. The predicted molar refractivity (Wildman–Crippen MR) is 60.6 cm³/mol. The molecule has 0 saturated carbocycles. The van der Waals surface area contributed by atoms with Gasteiger partial charge in [0.25, 0.3) is 10.2 Å². The standard InChI is InChI=1S/C9H22N2O3S/c1-8(2)6-10-15(13,14)11-7-9(3)4-5-12/h8-12H,4-7H2,1-3H3. The molecule has 0 aliphatic heterocycles. The van der Waals surface area contributed by atoms with Gasteiger partial charge in [-0.05, 0) is 18.3 Å². The van der Waals surface area contributed by atoms with Crippen LogP contribution in [0.3, 0.4) is 0 Å². The molecule has 0 aromatic heterocycles. The number of rotatable bonds is 8. The molecule has 0 heterocycles. The summed E-state index contributed by atoms with van der Waals surface area (Å²) in [7, 11) is -3.37. The molecule has 3 N–H and O–H groups in total. The fraction of sp³-hybridized carbons (Fsp3) is 1.00. The molecule has 0 radical (unpaired) electrons. The summed E-state index contributed by atoms with van der Waals surface area (Å²) in [5.41, 5.74) is 0. The highest BCUT2D eigenvalue weighted by Crippen LogP contribution is 1.98. The van der Waals surface area contributed by atoms with Crippen molar-refractivity contribution in [1.82, 2.24) is 9.44 Å². The van der Waals surface area contributed by atoms with Crippen LogP contribution >= 0.6 is 0 Å². The first-order chi connectivity index (χ1) is 6.87. The molecule has 0 aromatic rings. The van der Waals surface area contributed by atoms with Crippen LogP contribution in [-0.2, 0) is 10.2 Å². The summed E-state index contributed by atoms with van der Waals surface area (Å²) in [6.45, 7) is 6.65. The Balaban J connectivity index is 3.83. The maximum Gasteiger partial charge on any atom is 0.276 e. The molecule has 0 aliphatic carbocycles. The Morgan fingerprint density at radius 2 is 1.67 bits per heavy atom. The Morgan fingerprint density at radius 3 is 2.13 bits per heavy atom. The topological polar surface area (TPSA) is 78.4 Å². The second-order valence-corrected chi connectivity index (χ2v) is 5.80. The average Bonchev–Trinajstić information content (AvgIpc) is 2.13. The minimum absolute atomic E-state index is 0.0856. The monoisotopic (exact) mass is 238 g/mol. The molecule has 0 amide bonds. The first-order valence-corrected chi connectivity index (χ1v) is 6.70. The Hall–Kier alpha value is -0.170. The van der Waals surface area contributed by atoms with E-state index in [0.29, 0.717) is 19.5 Å². The van der Waals surface area contributed by atoms with Crippen molar-refractivity contribution in [3.63, 3.8) is 0 Å². The molecule has 0 aliphatic rings. The maximum absolute atomic E-state index is 11.4. The Morgan fingerprint density at radius 1 is 1.13 bits per heavy atom. The quantitative estimate of drug-likeness (QED) is 0.560. The van der Waals surface area contributed by atoms with E-state index in [2.05, 4.69) is 9.44 Å². The molecule has 0 aromatic carbocycles. The molecular weight excluding hydrogens is 216 g/mol. The fourth-order valence-corrected chi connectivity index (χ4v) is 2.06. The van der Waals surface area contributed by atoms with Crippen molar-refractivity contribution in [2.75, 3.05) is 19.7 Å². The minimum atomic E-state index is -3.37. The van der Waals surface area contributed by atoms with Crippen molar-refractivity contribution in [2.45, 2.75) is 27.2 Å². The van der Waals surface area contributed by atoms with Crippen LogP contribution in [0.15, 0.2) is 0 Å². The second-order valence-electron chi connectivity index (χ2n) is 4.21. The largest absolute Gasteiger partial charge is 0.396 e. The Labute approximate surface area is 92.4 Å². The van der Waals surface area contributed by atoms with E-state index in [-0.39, 0.29) is 18.4 Å². The van der Waals surface area contributed by atoms with Crippen molar-refractivity contribution >= 4 is 10.2 Å². The van der Waals surface area contributed by atoms with Crippen molar-refractivity contribution in [3.05, 3.63) is 0 Å². The lowest BCUT2D eigenvalue weighted by Gasteiger charge is -2.13. The number of nitrogens with one attached hydrogen (secondary N) is 2. The minimum Gasteiger partial charge on any atom is -0.396 e. The summed E-state index contributed by atoms with van der Waals surface area (Å²) in [5.74, 6) is 0.432. The lowest BCUT2D eigenvalue weighted by Crippen LogP contribution is -2.40. The molecular formula is C9H22N2O3S. The lowest BCUT2D eigenvalue weighted by molar-refractivity contribution is 0.263. The van der Waals surface area contributed by atoms with Crippen molar-refractivity contribution in [2.24, 2.45) is 11.8 Å². The van der Waals surface area contributed by atoms with Crippen LogP contribution in [0.25, 0.3) is 0 Å². The third-order valence-electron chi connectivity index (χ3n) is 1.93. The van der Waals surface area contributed by atoms with Gasteiger partial charge in [-0.25, -0.2) is 9.44 Å². The van der Waals surface area contributed by atoms with Crippen LogP contribution < -0.4 is 9.44 Å². The van der Waals surface area contributed by atoms with Crippen LogP contribution in [0, 0.1) is 11.8 Å². The first-order valence-electron chi connectivity index (χ1n) is 5.22.